The largest absolute Gasteiger partial charge is 0.356 e. The van der Waals surface area contributed by atoms with E-state index in [0.717, 1.165) is 24.6 Å². The fourth-order valence-electron chi connectivity index (χ4n) is 2.26. The molecule has 0 unspecified atom stereocenters. The molecular weight excluding hydrogens is 210 g/mol. The molecular formula is C14H23N3. The van der Waals surface area contributed by atoms with Gasteiger partial charge in [-0.15, -0.1) is 0 Å². The van der Waals surface area contributed by atoms with E-state index in [2.05, 4.69) is 37.8 Å². The van der Waals surface area contributed by atoms with Gasteiger partial charge in [0.25, 0.3) is 0 Å². The zero-order valence-corrected chi connectivity index (χ0v) is 11.2. The molecule has 0 bridgehead atoms. The molecule has 0 atom stereocenters. The molecule has 1 fully saturated rings. The van der Waals surface area contributed by atoms with Crippen molar-refractivity contribution < 1.29 is 0 Å². The summed E-state index contributed by atoms with van der Waals surface area (Å²) in [6.45, 7) is 9.41. The minimum Gasteiger partial charge on any atom is -0.356 e. The Labute approximate surface area is 104 Å². The number of rotatable bonds is 2. The summed E-state index contributed by atoms with van der Waals surface area (Å²) in [5, 5.41) is 0. The van der Waals surface area contributed by atoms with Crippen LogP contribution in [0.5, 0.6) is 0 Å². The van der Waals surface area contributed by atoms with E-state index in [1.165, 1.54) is 18.4 Å². The highest BCUT2D eigenvalue weighted by Crippen LogP contribution is 2.27. The van der Waals surface area contributed by atoms with Crippen molar-refractivity contribution in [3.05, 3.63) is 23.4 Å². The summed E-state index contributed by atoms with van der Waals surface area (Å²) in [6, 6.07) is 4.25. The van der Waals surface area contributed by atoms with Crippen LogP contribution in [-0.2, 0) is 12.0 Å². The summed E-state index contributed by atoms with van der Waals surface area (Å²) in [5.74, 6) is 1.11. The maximum absolute atomic E-state index is 5.81. The Morgan fingerprint density at radius 1 is 1.24 bits per heavy atom. The van der Waals surface area contributed by atoms with Crippen LogP contribution in [0.2, 0.25) is 0 Å². The number of hydrogen-bond acceptors (Lipinski definition) is 3. The quantitative estimate of drug-likeness (QED) is 0.853. The molecule has 1 aromatic rings. The first kappa shape index (κ1) is 12.4. The summed E-state index contributed by atoms with van der Waals surface area (Å²) in [7, 11) is 0. The highest BCUT2D eigenvalue weighted by atomic mass is 15.2. The van der Waals surface area contributed by atoms with E-state index in [-0.39, 0.29) is 5.41 Å². The molecule has 94 valence electrons. The van der Waals surface area contributed by atoms with E-state index < -0.39 is 0 Å². The molecule has 0 saturated carbocycles. The lowest BCUT2D eigenvalue weighted by atomic mass is 9.91. The summed E-state index contributed by atoms with van der Waals surface area (Å²) >= 11 is 0. The summed E-state index contributed by atoms with van der Waals surface area (Å²) < 4.78 is 0. The first-order valence-corrected chi connectivity index (χ1v) is 6.48. The van der Waals surface area contributed by atoms with Gasteiger partial charge in [0, 0.05) is 36.3 Å². The first-order chi connectivity index (χ1) is 8.02. The van der Waals surface area contributed by atoms with Gasteiger partial charge in [-0.05, 0) is 18.9 Å². The van der Waals surface area contributed by atoms with Crippen molar-refractivity contribution >= 4 is 5.82 Å². The van der Waals surface area contributed by atoms with Gasteiger partial charge in [-0.1, -0.05) is 26.8 Å². The van der Waals surface area contributed by atoms with Crippen LogP contribution < -0.4 is 10.6 Å². The number of hydrogen-bond donors (Lipinski definition) is 1. The Morgan fingerprint density at radius 2 is 1.88 bits per heavy atom. The van der Waals surface area contributed by atoms with Crippen molar-refractivity contribution in [3.63, 3.8) is 0 Å². The minimum absolute atomic E-state index is 0.0988. The number of aromatic nitrogens is 1. The average molecular weight is 233 g/mol. The summed E-state index contributed by atoms with van der Waals surface area (Å²) in [4.78, 5) is 7.22. The van der Waals surface area contributed by atoms with Crippen molar-refractivity contribution in [2.45, 2.75) is 45.6 Å². The van der Waals surface area contributed by atoms with Crippen molar-refractivity contribution in [2.75, 3.05) is 18.0 Å². The van der Waals surface area contributed by atoms with Gasteiger partial charge in [0.1, 0.15) is 5.82 Å². The molecule has 2 rings (SSSR count). The maximum atomic E-state index is 5.81. The van der Waals surface area contributed by atoms with Gasteiger partial charge in [-0.2, -0.15) is 0 Å². The predicted molar refractivity (Wildman–Crippen MR) is 72.3 cm³/mol. The van der Waals surface area contributed by atoms with Crippen LogP contribution in [0, 0.1) is 0 Å². The second-order valence-corrected chi connectivity index (χ2v) is 5.83. The third-order valence-corrected chi connectivity index (χ3v) is 3.35. The molecule has 2 heterocycles. The van der Waals surface area contributed by atoms with Crippen molar-refractivity contribution in [1.29, 1.82) is 0 Å². The Kier molecular flexibility index (Phi) is 3.38. The smallest absolute Gasteiger partial charge is 0.133 e. The predicted octanol–water partition coefficient (Wildman–Crippen LogP) is 2.44. The minimum atomic E-state index is 0.0988. The molecule has 2 N–H and O–H groups in total. The molecule has 0 aliphatic carbocycles. The SMILES string of the molecule is CC(C)(C)c1ccc(CN)c(N2CCCC2)n1. The monoisotopic (exact) mass is 233 g/mol. The fraction of sp³-hybridized carbons (Fsp3) is 0.643. The van der Waals surface area contributed by atoms with Crippen molar-refractivity contribution in [2.24, 2.45) is 5.73 Å². The van der Waals surface area contributed by atoms with E-state index in [0.29, 0.717) is 6.54 Å². The number of pyridine rings is 1. The van der Waals surface area contributed by atoms with Crippen LogP contribution in [0.4, 0.5) is 5.82 Å². The molecule has 0 spiro atoms. The lowest BCUT2D eigenvalue weighted by Gasteiger charge is -2.24. The molecule has 0 aromatic carbocycles. The molecule has 3 heteroatoms. The second-order valence-electron chi connectivity index (χ2n) is 5.83. The highest BCUT2D eigenvalue weighted by molar-refractivity contribution is 5.49. The van der Waals surface area contributed by atoms with E-state index >= 15 is 0 Å². The van der Waals surface area contributed by atoms with E-state index in [1.54, 1.807) is 0 Å². The van der Waals surface area contributed by atoms with Gasteiger partial charge >= 0.3 is 0 Å². The lowest BCUT2D eigenvalue weighted by Crippen LogP contribution is -2.24. The first-order valence-electron chi connectivity index (χ1n) is 6.48. The zero-order chi connectivity index (χ0) is 12.5. The van der Waals surface area contributed by atoms with E-state index in [4.69, 9.17) is 10.7 Å². The third-order valence-electron chi connectivity index (χ3n) is 3.35. The Hall–Kier alpha value is -1.09. The standard InChI is InChI=1S/C14H23N3/c1-14(2,3)12-7-6-11(10-15)13(16-12)17-8-4-5-9-17/h6-7H,4-5,8-10,15H2,1-3H3. The molecule has 1 aliphatic rings. The van der Waals surface area contributed by atoms with Crippen LogP contribution in [0.1, 0.15) is 44.9 Å². The average Bonchev–Trinajstić information content (AvgIpc) is 2.80. The van der Waals surface area contributed by atoms with Crippen LogP contribution in [0.3, 0.4) is 0 Å². The summed E-state index contributed by atoms with van der Waals surface area (Å²) in [6.07, 6.45) is 2.54. The maximum Gasteiger partial charge on any atom is 0.133 e. The van der Waals surface area contributed by atoms with Crippen LogP contribution in [-0.4, -0.2) is 18.1 Å². The Balaban J connectivity index is 2.39. The fourth-order valence-corrected chi connectivity index (χ4v) is 2.26. The van der Waals surface area contributed by atoms with E-state index in [1.807, 2.05) is 0 Å². The molecule has 0 amide bonds. The van der Waals surface area contributed by atoms with Crippen molar-refractivity contribution in [3.8, 4) is 0 Å². The van der Waals surface area contributed by atoms with Gasteiger partial charge in [0.2, 0.25) is 0 Å². The zero-order valence-electron chi connectivity index (χ0n) is 11.2. The molecule has 0 radical (unpaired) electrons. The van der Waals surface area contributed by atoms with Crippen LogP contribution in [0.15, 0.2) is 12.1 Å². The van der Waals surface area contributed by atoms with Gasteiger partial charge in [0.15, 0.2) is 0 Å². The Morgan fingerprint density at radius 3 is 2.41 bits per heavy atom. The third kappa shape index (κ3) is 2.60. The topological polar surface area (TPSA) is 42.1 Å². The highest BCUT2D eigenvalue weighted by Gasteiger charge is 2.21. The summed E-state index contributed by atoms with van der Waals surface area (Å²) in [5.41, 5.74) is 8.23. The van der Waals surface area contributed by atoms with Gasteiger partial charge in [-0.25, -0.2) is 4.98 Å². The lowest BCUT2D eigenvalue weighted by molar-refractivity contribution is 0.567. The van der Waals surface area contributed by atoms with E-state index in [9.17, 15) is 0 Å². The molecule has 1 aliphatic heterocycles. The van der Waals surface area contributed by atoms with Crippen molar-refractivity contribution in [1.82, 2.24) is 4.98 Å². The molecule has 3 nitrogen and oxygen atoms in total. The van der Waals surface area contributed by atoms with Crippen LogP contribution >= 0.6 is 0 Å². The Bertz CT molecular complexity index is 387. The van der Waals surface area contributed by atoms with Gasteiger partial charge < -0.3 is 10.6 Å². The normalized spacial score (nSPS) is 16.6. The van der Waals surface area contributed by atoms with Crippen LogP contribution in [0.25, 0.3) is 0 Å². The molecule has 17 heavy (non-hydrogen) atoms. The molecule has 1 saturated heterocycles. The number of anilines is 1. The van der Waals surface area contributed by atoms with Gasteiger partial charge in [-0.3, -0.25) is 0 Å². The van der Waals surface area contributed by atoms with Gasteiger partial charge in [0.05, 0.1) is 0 Å². The number of nitrogens with zero attached hydrogens (tertiary/aromatic N) is 2. The molecule has 1 aromatic heterocycles. The second kappa shape index (κ2) is 4.65. The number of nitrogens with two attached hydrogens (primary N) is 1.